The van der Waals surface area contributed by atoms with Gasteiger partial charge in [-0.05, 0) is 52.0 Å². The number of amides is 1. The molecule has 1 N–H and O–H groups in total. The van der Waals surface area contributed by atoms with Crippen molar-refractivity contribution < 1.29 is 9.53 Å². The number of carbonyl (C=O) groups excluding carboxylic acids is 1. The van der Waals surface area contributed by atoms with Gasteiger partial charge in [0, 0.05) is 11.1 Å². The zero-order valence-corrected chi connectivity index (χ0v) is 13.5. The molecule has 0 spiro atoms. The summed E-state index contributed by atoms with van der Waals surface area (Å²) in [6, 6.07) is 7.07. The van der Waals surface area contributed by atoms with Crippen molar-refractivity contribution in [1.29, 1.82) is 0 Å². The smallest absolute Gasteiger partial charge is 0.251 e. The van der Waals surface area contributed by atoms with Crippen LogP contribution in [0.2, 0.25) is 0 Å². The zero-order valence-electron chi connectivity index (χ0n) is 12.6. The van der Waals surface area contributed by atoms with Crippen LogP contribution in [0, 0.1) is 6.92 Å². The van der Waals surface area contributed by atoms with Crippen LogP contribution in [-0.4, -0.2) is 20.2 Å². The minimum Gasteiger partial charge on any atom is -0.487 e. The summed E-state index contributed by atoms with van der Waals surface area (Å²) < 4.78 is 13.9. The van der Waals surface area contributed by atoms with Gasteiger partial charge in [0.25, 0.3) is 5.91 Å². The first-order valence-electron chi connectivity index (χ1n) is 6.68. The Morgan fingerprint density at radius 2 is 1.90 bits per heavy atom. The molecule has 6 heteroatoms. The van der Waals surface area contributed by atoms with Gasteiger partial charge in [-0.1, -0.05) is 0 Å². The molecule has 1 aromatic heterocycles. The van der Waals surface area contributed by atoms with Crippen molar-refractivity contribution in [3.05, 3.63) is 41.2 Å². The lowest BCUT2D eigenvalue weighted by atomic mass is 10.1. The van der Waals surface area contributed by atoms with Gasteiger partial charge < -0.3 is 10.1 Å². The van der Waals surface area contributed by atoms with Gasteiger partial charge >= 0.3 is 0 Å². The van der Waals surface area contributed by atoms with Crippen LogP contribution >= 0.6 is 11.7 Å². The summed E-state index contributed by atoms with van der Waals surface area (Å²) >= 11 is 1.18. The van der Waals surface area contributed by atoms with E-state index in [2.05, 4.69) is 14.1 Å². The Morgan fingerprint density at radius 3 is 2.43 bits per heavy atom. The fourth-order valence-electron chi connectivity index (χ4n) is 1.65. The predicted molar refractivity (Wildman–Crippen MR) is 82.6 cm³/mol. The SMILES string of the molecule is Cc1nsnc1COc1ccc(C(=O)NC(C)(C)C)cc1. The van der Waals surface area contributed by atoms with Gasteiger partial charge in [-0.2, -0.15) is 8.75 Å². The number of benzene rings is 1. The molecule has 0 radical (unpaired) electrons. The lowest BCUT2D eigenvalue weighted by Gasteiger charge is -2.20. The van der Waals surface area contributed by atoms with E-state index in [4.69, 9.17) is 4.74 Å². The van der Waals surface area contributed by atoms with E-state index < -0.39 is 0 Å². The van der Waals surface area contributed by atoms with Crippen LogP contribution in [-0.2, 0) is 6.61 Å². The van der Waals surface area contributed by atoms with E-state index in [1.165, 1.54) is 11.7 Å². The lowest BCUT2D eigenvalue weighted by molar-refractivity contribution is 0.0919. The normalized spacial score (nSPS) is 11.2. The lowest BCUT2D eigenvalue weighted by Crippen LogP contribution is -2.40. The molecule has 2 aromatic rings. The fraction of sp³-hybridized carbons (Fsp3) is 0.400. The number of carbonyl (C=O) groups is 1. The van der Waals surface area contributed by atoms with Crippen LogP contribution < -0.4 is 10.1 Å². The summed E-state index contributed by atoms with van der Waals surface area (Å²) in [4.78, 5) is 12.0. The first-order valence-corrected chi connectivity index (χ1v) is 7.41. The Kier molecular flexibility index (Phi) is 4.57. The van der Waals surface area contributed by atoms with Crippen molar-refractivity contribution >= 4 is 17.6 Å². The molecule has 21 heavy (non-hydrogen) atoms. The number of aromatic nitrogens is 2. The fourth-order valence-corrected chi connectivity index (χ4v) is 2.20. The van der Waals surface area contributed by atoms with Crippen molar-refractivity contribution in [1.82, 2.24) is 14.1 Å². The van der Waals surface area contributed by atoms with Gasteiger partial charge in [0.15, 0.2) is 0 Å². The number of aryl methyl sites for hydroxylation is 1. The molecule has 0 atom stereocenters. The van der Waals surface area contributed by atoms with Gasteiger partial charge in [0.05, 0.1) is 17.4 Å². The number of rotatable bonds is 4. The predicted octanol–water partition coefficient (Wildman–Crippen LogP) is 2.95. The molecule has 112 valence electrons. The molecule has 0 saturated carbocycles. The maximum Gasteiger partial charge on any atom is 0.251 e. The summed E-state index contributed by atoms with van der Waals surface area (Å²) in [5.74, 6) is 0.614. The number of hydrogen-bond donors (Lipinski definition) is 1. The van der Waals surface area contributed by atoms with E-state index in [-0.39, 0.29) is 11.4 Å². The molecule has 0 aliphatic rings. The highest BCUT2D eigenvalue weighted by molar-refractivity contribution is 6.99. The quantitative estimate of drug-likeness (QED) is 0.943. The maximum atomic E-state index is 12.0. The van der Waals surface area contributed by atoms with E-state index in [0.717, 1.165) is 11.4 Å². The molecular formula is C15H19N3O2S. The highest BCUT2D eigenvalue weighted by atomic mass is 32.1. The van der Waals surface area contributed by atoms with E-state index in [1.807, 2.05) is 27.7 Å². The minimum atomic E-state index is -0.249. The van der Waals surface area contributed by atoms with E-state index in [0.29, 0.717) is 17.9 Å². The van der Waals surface area contributed by atoms with Crippen molar-refractivity contribution in [3.63, 3.8) is 0 Å². The largest absolute Gasteiger partial charge is 0.487 e. The summed E-state index contributed by atoms with van der Waals surface area (Å²) in [5.41, 5.74) is 2.10. The van der Waals surface area contributed by atoms with Crippen molar-refractivity contribution in [2.75, 3.05) is 0 Å². The van der Waals surface area contributed by atoms with Gasteiger partial charge in [-0.3, -0.25) is 4.79 Å². The monoisotopic (exact) mass is 305 g/mol. The van der Waals surface area contributed by atoms with Crippen LogP contribution in [0.15, 0.2) is 24.3 Å². The molecule has 1 heterocycles. The molecule has 0 aliphatic heterocycles. The van der Waals surface area contributed by atoms with Crippen LogP contribution in [0.4, 0.5) is 0 Å². The molecule has 0 saturated heterocycles. The average Bonchev–Trinajstić information content (AvgIpc) is 2.80. The third-order valence-electron chi connectivity index (χ3n) is 2.73. The van der Waals surface area contributed by atoms with Crippen molar-refractivity contribution in [2.24, 2.45) is 0 Å². The Bertz CT molecular complexity index is 615. The van der Waals surface area contributed by atoms with E-state index >= 15 is 0 Å². The number of nitrogens with one attached hydrogen (secondary N) is 1. The Morgan fingerprint density at radius 1 is 1.24 bits per heavy atom. The first kappa shape index (κ1) is 15.4. The first-order chi connectivity index (χ1) is 9.85. The molecule has 5 nitrogen and oxygen atoms in total. The highest BCUT2D eigenvalue weighted by Gasteiger charge is 2.15. The Hall–Kier alpha value is -1.95. The summed E-state index contributed by atoms with van der Waals surface area (Å²) in [5, 5.41) is 2.92. The van der Waals surface area contributed by atoms with Crippen LogP contribution in [0.5, 0.6) is 5.75 Å². The van der Waals surface area contributed by atoms with Crippen molar-refractivity contribution in [3.8, 4) is 5.75 Å². The second-order valence-electron chi connectivity index (χ2n) is 5.81. The van der Waals surface area contributed by atoms with Gasteiger partial charge in [0.1, 0.15) is 18.1 Å². The molecular weight excluding hydrogens is 286 g/mol. The van der Waals surface area contributed by atoms with Gasteiger partial charge in [-0.15, -0.1) is 0 Å². The number of hydrogen-bond acceptors (Lipinski definition) is 5. The van der Waals surface area contributed by atoms with Gasteiger partial charge in [-0.25, -0.2) is 0 Å². The molecule has 1 amide bonds. The molecule has 0 unspecified atom stereocenters. The second kappa shape index (κ2) is 6.22. The van der Waals surface area contributed by atoms with Crippen LogP contribution in [0.3, 0.4) is 0 Å². The Labute approximate surface area is 128 Å². The van der Waals surface area contributed by atoms with Crippen LogP contribution in [0.25, 0.3) is 0 Å². The van der Waals surface area contributed by atoms with Gasteiger partial charge in [0.2, 0.25) is 0 Å². The third-order valence-corrected chi connectivity index (χ3v) is 3.38. The standard InChI is InChI=1S/C15H19N3O2S/c1-10-13(18-21-17-10)9-20-12-7-5-11(6-8-12)14(19)16-15(2,3)4/h5-8H,9H2,1-4H3,(H,16,19). The summed E-state index contributed by atoms with van der Waals surface area (Å²) in [6.07, 6.45) is 0. The highest BCUT2D eigenvalue weighted by Crippen LogP contribution is 2.15. The van der Waals surface area contributed by atoms with E-state index in [9.17, 15) is 4.79 Å². The minimum absolute atomic E-state index is 0.0893. The second-order valence-corrected chi connectivity index (χ2v) is 6.34. The van der Waals surface area contributed by atoms with Crippen molar-refractivity contribution in [2.45, 2.75) is 39.8 Å². The topological polar surface area (TPSA) is 64.1 Å². The average molecular weight is 305 g/mol. The van der Waals surface area contributed by atoms with E-state index in [1.54, 1.807) is 24.3 Å². The summed E-state index contributed by atoms with van der Waals surface area (Å²) in [6.45, 7) is 8.14. The summed E-state index contributed by atoms with van der Waals surface area (Å²) in [7, 11) is 0. The van der Waals surface area contributed by atoms with Crippen LogP contribution in [0.1, 0.15) is 42.5 Å². The molecule has 0 fully saturated rings. The molecule has 0 aliphatic carbocycles. The molecule has 1 aromatic carbocycles. The Balaban J connectivity index is 1.96. The zero-order chi connectivity index (χ0) is 15.5. The number of ether oxygens (including phenoxy) is 1. The maximum absolute atomic E-state index is 12.0. The third kappa shape index (κ3) is 4.53. The number of nitrogens with zero attached hydrogens (tertiary/aromatic N) is 2. The molecule has 2 rings (SSSR count). The molecule has 0 bridgehead atoms.